The fourth-order valence-corrected chi connectivity index (χ4v) is 4.52. The first-order valence-corrected chi connectivity index (χ1v) is 8.11. The molecule has 1 spiro atoms. The van der Waals surface area contributed by atoms with Gasteiger partial charge in [-0.1, -0.05) is 12.8 Å². The number of halogens is 1. The summed E-state index contributed by atoms with van der Waals surface area (Å²) in [5.41, 5.74) is -0.598. The van der Waals surface area contributed by atoms with Gasteiger partial charge in [0.15, 0.2) is 0 Å². The number of nitrogens with zero attached hydrogens (tertiary/aromatic N) is 1. The van der Waals surface area contributed by atoms with Crippen LogP contribution in [0.25, 0.3) is 0 Å². The molecule has 1 aliphatic carbocycles. The van der Waals surface area contributed by atoms with Crippen LogP contribution in [0.15, 0.2) is 15.9 Å². The summed E-state index contributed by atoms with van der Waals surface area (Å²) >= 11 is 5.11. The van der Waals surface area contributed by atoms with Crippen molar-refractivity contribution in [3.05, 3.63) is 20.8 Å². The lowest BCUT2D eigenvalue weighted by atomic mass is 9.91. The molecule has 102 valence electrons. The summed E-state index contributed by atoms with van der Waals surface area (Å²) in [7, 11) is 0. The van der Waals surface area contributed by atoms with E-state index in [0.717, 1.165) is 35.0 Å². The summed E-state index contributed by atoms with van der Waals surface area (Å²) in [6.07, 6.45) is 3.60. The number of carbonyl (C=O) groups is 2. The Hall–Kier alpha value is -0.880. The summed E-state index contributed by atoms with van der Waals surface area (Å²) < 4.78 is 1.02. The molecule has 19 heavy (non-hydrogen) atoms. The first-order chi connectivity index (χ1) is 9.13. The minimum absolute atomic E-state index is 0.0253. The molecule has 1 N–H and O–H groups in total. The van der Waals surface area contributed by atoms with Crippen LogP contribution >= 0.6 is 27.3 Å². The molecular formula is C13H15BrN2O2S. The van der Waals surface area contributed by atoms with Gasteiger partial charge in [-0.2, -0.15) is 0 Å². The highest BCUT2D eigenvalue weighted by molar-refractivity contribution is 9.10. The molecule has 1 aromatic rings. The molecule has 4 nitrogen and oxygen atoms in total. The maximum absolute atomic E-state index is 12.3. The van der Waals surface area contributed by atoms with Crippen LogP contribution in [-0.2, 0) is 16.1 Å². The molecule has 0 unspecified atom stereocenters. The average molecular weight is 343 g/mol. The molecule has 2 amide bonds. The van der Waals surface area contributed by atoms with E-state index in [-0.39, 0.29) is 18.4 Å². The van der Waals surface area contributed by atoms with Gasteiger partial charge in [0.25, 0.3) is 0 Å². The molecule has 0 bridgehead atoms. The van der Waals surface area contributed by atoms with Crippen molar-refractivity contribution in [3.63, 3.8) is 0 Å². The van der Waals surface area contributed by atoms with Crippen LogP contribution < -0.4 is 5.32 Å². The smallest absolute Gasteiger partial charge is 0.246 e. The minimum atomic E-state index is -0.598. The van der Waals surface area contributed by atoms with E-state index in [0.29, 0.717) is 6.54 Å². The zero-order valence-corrected chi connectivity index (χ0v) is 12.8. The quantitative estimate of drug-likeness (QED) is 0.896. The van der Waals surface area contributed by atoms with E-state index in [2.05, 4.69) is 21.2 Å². The molecule has 2 fully saturated rings. The van der Waals surface area contributed by atoms with Gasteiger partial charge in [-0.15, -0.1) is 11.3 Å². The Balaban J connectivity index is 1.93. The van der Waals surface area contributed by atoms with Gasteiger partial charge in [0, 0.05) is 9.35 Å². The normalized spacial score (nSPS) is 22.1. The molecule has 1 saturated carbocycles. The van der Waals surface area contributed by atoms with Crippen LogP contribution in [-0.4, -0.2) is 28.8 Å². The van der Waals surface area contributed by atoms with Crippen molar-refractivity contribution in [2.24, 2.45) is 0 Å². The third kappa shape index (κ3) is 2.10. The summed E-state index contributed by atoms with van der Waals surface area (Å²) in [5.74, 6) is 0.0547. The van der Waals surface area contributed by atoms with Gasteiger partial charge in [-0.3, -0.25) is 9.59 Å². The van der Waals surface area contributed by atoms with Gasteiger partial charge < -0.3 is 10.2 Å². The molecule has 1 aromatic heterocycles. The van der Waals surface area contributed by atoms with Crippen LogP contribution in [0.4, 0.5) is 0 Å². The van der Waals surface area contributed by atoms with Crippen molar-refractivity contribution in [3.8, 4) is 0 Å². The van der Waals surface area contributed by atoms with E-state index in [1.54, 1.807) is 16.2 Å². The van der Waals surface area contributed by atoms with Crippen LogP contribution in [0.2, 0.25) is 0 Å². The summed E-state index contributed by atoms with van der Waals surface area (Å²) in [6.45, 7) is 0.661. The van der Waals surface area contributed by atoms with Crippen molar-refractivity contribution in [1.29, 1.82) is 0 Å². The number of hydrogen-bond donors (Lipinski definition) is 1. The Morgan fingerprint density at radius 1 is 1.37 bits per heavy atom. The number of rotatable bonds is 2. The average Bonchev–Trinajstić information content (AvgIpc) is 3.01. The first kappa shape index (κ1) is 13.1. The fourth-order valence-electron chi connectivity index (χ4n) is 3.06. The van der Waals surface area contributed by atoms with E-state index >= 15 is 0 Å². The first-order valence-electron chi connectivity index (χ1n) is 6.44. The van der Waals surface area contributed by atoms with Gasteiger partial charge in [-0.05, 0) is 40.2 Å². The zero-order chi connectivity index (χ0) is 13.5. The Bertz CT molecular complexity index is 522. The van der Waals surface area contributed by atoms with E-state index in [1.165, 1.54) is 0 Å². The topological polar surface area (TPSA) is 49.4 Å². The maximum Gasteiger partial charge on any atom is 0.246 e. The molecule has 2 aliphatic rings. The lowest BCUT2D eigenvalue weighted by molar-refractivity contribution is -0.154. The molecule has 0 radical (unpaired) electrons. The second-order valence-corrected chi connectivity index (χ2v) is 6.95. The van der Waals surface area contributed by atoms with Crippen molar-refractivity contribution in [2.45, 2.75) is 37.8 Å². The lowest BCUT2D eigenvalue weighted by Gasteiger charge is -2.43. The van der Waals surface area contributed by atoms with Gasteiger partial charge in [0.05, 0.1) is 13.1 Å². The van der Waals surface area contributed by atoms with Gasteiger partial charge >= 0.3 is 0 Å². The Morgan fingerprint density at radius 2 is 2.11 bits per heavy atom. The zero-order valence-electron chi connectivity index (χ0n) is 10.4. The number of amides is 2. The Kier molecular flexibility index (Phi) is 3.39. The monoisotopic (exact) mass is 342 g/mol. The molecule has 2 heterocycles. The molecule has 6 heteroatoms. The second kappa shape index (κ2) is 4.90. The number of thiophene rings is 1. The van der Waals surface area contributed by atoms with Crippen LogP contribution in [0.5, 0.6) is 0 Å². The van der Waals surface area contributed by atoms with Gasteiger partial charge in [-0.25, -0.2) is 0 Å². The largest absolute Gasteiger partial charge is 0.345 e. The standard InChI is InChI=1S/C13H15BrN2O2S/c14-9-3-6-19-10(9)8-16-11(17)7-15-12(18)13(16)4-1-2-5-13/h3,6H,1-2,4-5,7-8H2,(H,15,18). The highest BCUT2D eigenvalue weighted by Crippen LogP contribution is 2.39. The third-order valence-electron chi connectivity index (χ3n) is 4.06. The molecule has 1 aliphatic heterocycles. The maximum atomic E-state index is 12.3. The van der Waals surface area contributed by atoms with Crippen LogP contribution in [0.3, 0.4) is 0 Å². The van der Waals surface area contributed by atoms with Crippen LogP contribution in [0, 0.1) is 0 Å². The fraction of sp³-hybridized carbons (Fsp3) is 0.538. The lowest BCUT2D eigenvalue weighted by Crippen LogP contribution is -2.65. The van der Waals surface area contributed by atoms with E-state index < -0.39 is 5.54 Å². The van der Waals surface area contributed by atoms with Crippen molar-refractivity contribution < 1.29 is 9.59 Å². The SMILES string of the molecule is O=C1CNC(=O)C2(CCCC2)N1Cc1sccc1Br. The Morgan fingerprint density at radius 3 is 2.74 bits per heavy atom. The summed E-state index contributed by atoms with van der Waals surface area (Å²) in [5, 5.41) is 4.75. The van der Waals surface area contributed by atoms with Crippen molar-refractivity contribution in [1.82, 2.24) is 10.2 Å². The highest BCUT2D eigenvalue weighted by atomic mass is 79.9. The van der Waals surface area contributed by atoms with Gasteiger partial charge in [0.1, 0.15) is 5.54 Å². The predicted molar refractivity (Wildman–Crippen MR) is 76.8 cm³/mol. The molecule has 0 atom stereocenters. The second-order valence-electron chi connectivity index (χ2n) is 5.09. The van der Waals surface area contributed by atoms with E-state index in [9.17, 15) is 9.59 Å². The minimum Gasteiger partial charge on any atom is -0.345 e. The number of nitrogens with one attached hydrogen (secondary N) is 1. The predicted octanol–water partition coefficient (Wildman–Crippen LogP) is 2.28. The molecule has 3 rings (SSSR count). The number of carbonyl (C=O) groups excluding carboxylic acids is 2. The van der Waals surface area contributed by atoms with Gasteiger partial charge in [0.2, 0.25) is 11.8 Å². The number of hydrogen-bond acceptors (Lipinski definition) is 3. The number of piperazine rings is 1. The third-order valence-corrected chi connectivity index (χ3v) is 5.98. The van der Waals surface area contributed by atoms with Crippen molar-refractivity contribution >= 4 is 39.1 Å². The van der Waals surface area contributed by atoms with E-state index in [1.807, 2.05) is 11.4 Å². The summed E-state index contributed by atoms with van der Waals surface area (Å²) in [6, 6.07) is 1.98. The Labute approximate surface area is 124 Å². The molecule has 1 saturated heterocycles. The summed E-state index contributed by atoms with van der Waals surface area (Å²) in [4.78, 5) is 27.4. The van der Waals surface area contributed by atoms with Crippen molar-refractivity contribution in [2.75, 3.05) is 6.54 Å². The van der Waals surface area contributed by atoms with E-state index in [4.69, 9.17) is 0 Å². The van der Waals surface area contributed by atoms with Crippen LogP contribution in [0.1, 0.15) is 30.6 Å². The molecular weight excluding hydrogens is 328 g/mol. The highest BCUT2D eigenvalue weighted by Gasteiger charge is 2.50. The molecule has 0 aromatic carbocycles.